The van der Waals surface area contributed by atoms with Crippen LogP contribution in [-0.4, -0.2) is 19.8 Å². The van der Waals surface area contributed by atoms with Gasteiger partial charge in [-0.25, -0.2) is 0 Å². The molecule has 0 aromatic rings. The molecule has 0 unspecified atom stereocenters. The van der Waals surface area contributed by atoms with Crippen molar-refractivity contribution < 1.29 is 5.11 Å². The quantitative estimate of drug-likeness (QED) is 0.496. The fourth-order valence-electron chi connectivity index (χ4n) is 0.529. The van der Waals surface area contributed by atoms with Crippen LogP contribution in [0.25, 0.3) is 0 Å². The van der Waals surface area contributed by atoms with Crippen molar-refractivity contribution in [3.63, 3.8) is 0 Å². The minimum atomic E-state index is -1.23. The molecule has 0 aromatic carbocycles. The first-order valence-corrected chi connectivity index (χ1v) is 7.83. The summed E-state index contributed by atoms with van der Waals surface area (Å²) in [6.07, 6.45) is 4.03. The molecule has 0 aliphatic rings. The number of aliphatic hydroxyl groups excluding tert-OH is 1. The van der Waals surface area contributed by atoms with Crippen molar-refractivity contribution in [2.75, 3.05) is 6.61 Å². The predicted octanol–water partition coefficient (Wildman–Crippen LogP) is 1.81. The van der Waals surface area contributed by atoms with Gasteiger partial charge in [-0.3, -0.25) is 0 Å². The molecule has 0 aliphatic heterocycles. The number of rotatable bonds is 1. The molecule has 0 aromatic heterocycles. The Balaban J connectivity index is 3.88. The van der Waals surface area contributed by atoms with E-state index >= 15 is 0 Å². The van der Waals surface area contributed by atoms with E-state index in [-0.39, 0.29) is 6.61 Å². The first-order chi connectivity index (χ1) is 6.06. The lowest BCUT2D eigenvalue weighted by Crippen LogP contribution is -2.16. The van der Waals surface area contributed by atoms with E-state index < -0.39 is 8.07 Å². The van der Waals surface area contributed by atoms with Crippen LogP contribution in [0.3, 0.4) is 0 Å². The summed E-state index contributed by atoms with van der Waals surface area (Å²) in [5.74, 6) is 8.55. The highest BCUT2D eigenvalue weighted by Gasteiger charge is 2.06. The Labute approximate surface area is 81.9 Å². The highest BCUT2D eigenvalue weighted by Crippen LogP contribution is 1.95. The van der Waals surface area contributed by atoms with E-state index in [0.29, 0.717) is 6.42 Å². The molecule has 0 amide bonds. The molecule has 0 spiro atoms. The normalized spacial score (nSPS) is 10.2. The van der Waals surface area contributed by atoms with Crippen molar-refractivity contribution in [3.05, 3.63) is 12.2 Å². The lowest BCUT2D eigenvalue weighted by molar-refractivity contribution is 0.305. The van der Waals surface area contributed by atoms with Gasteiger partial charge in [-0.15, -0.1) is 5.54 Å². The molecule has 0 saturated heterocycles. The molecule has 0 atom stereocenters. The van der Waals surface area contributed by atoms with Crippen molar-refractivity contribution in [1.82, 2.24) is 0 Å². The van der Waals surface area contributed by atoms with Gasteiger partial charge in [0.2, 0.25) is 0 Å². The lowest BCUT2D eigenvalue weighted by Gasteiger charge is -2.01. The van der Waals surface area contributed by atoms with Crippen molar-refractivity contribution in [2.24, 2.45) is 0 Å². The van der Waals surface area contributed by atoms with Crippen molar-refractivity contribution in [2.45, 2.75) is 26.1 Å². The summed E-state index contributed by atoms with van der Waals surface area (Å²) in [4.78, 5) is 0. The highest BCUT2D eigenvalue weighted by atomic mass is 28.3. The standard InChI is InChI=1S/C11H16OSi/c1-13(2,3)11-9-7-5-4-6-8-10-12/h5,7,12H,8,10H2,1-3H3. The van der Waals surface area contributed by atoms with Crippen LogP contribution in [0.5, 0.6) is 0 Å². The van der Waals surface area contributed by atoms with Gasteiger partial charge >= 0.3 is 0 Å². The summed E-state index contributed by atoms with van der Waals surface area (Å²) >= 11 is 0. The van der Waals surface area contributed by atoms with E-state index in [1.165, 1.54) is 0 Å². The van der Waals surface area contributed by atoms with Crippen LogP contribution in [0.1, 0.15) is 6.42 Å². The van der Waals surface area contributed by atoms with E-state index in [1.54, 1.807) is 12.2 Å². The van der Waals surface area contributed by atoms with Crippen molar-refractivity contribution in [1.29, 1.82) is 0 Å². The Kier molecular flexibility index (Phi) is 6.06. The van der Waals surface area contributed by atoms with Gasteiger partial charge in [-0.2, -0.15) is 0 Å². The van der Waals surface area contributed by atoms with Gasteiger partial charge in [0.25, 0.3) is 0 Å². The van der Waals surface area contributed by atoms with Crippen LogP contribution < -0.4 is 0 Å². The fourth-order valence-corrected chi connectivity index (χ4v) is 1.04. The number of allylic oxidation sites excluding steroid dienone is 2. The topological polar surface area (TPSA) is 20.2 Å². The van der Waals surface area contributed by atoms with Crippen molar-refractivity contribution in [3.8, 4) is 23.3 Å². The Hall–Kier alpha value is -0.963. The summed E-state index contributed by atoms with van der Waals surface area (Å²) in [6.45, 7) is 6.73. The monoisotopic (exact) mass is 192 g/mol. The Bertz CT molecular complexity index is 275. The number of hydrogen-bond acceptors (Lipinski definition) is 1. The molecule has 0 fully saturated rings. The summed E-state index contributed by atoms with van der Waals surface area (Å²) < 4.78 is 0. The second-order valence-corrected chi connectivity index (χ2v) is 8.40. The third-order valence-corrected chi connectivity index (χ3v) is 1.93. The zero-order valence-corrected chi connectivity index (χ0v) is 9.52. The van der Waals surface area contributed by atoms with E-state index in [2.05, 4.69) is 42.9 Å². The summed E-state index contributed by atoms with van der Waals surface area (Å²) in [7, 11) is -1.23. The Morgan fingerprint density at radius 2 is 1.77 bits per heavy atom. The molecule has 0 aliphatic carbocycles. The summed E-state index contributed by atoms with van der Waals surface area (Å²) in [5.41, 5.74) is 3.20. The molecule has 0 rings (SSSR count). The van der Waals surface area contributed by atoms with Gasteiger partial charge in [0, 0.05) is 6.42 Å². The SMILES string of the molecule is C[Si](C)(C)C#CC=CC#CCCO. The van der Waals surface area contributed by atoms with Gasteiger partial charge in [0.15, 0.2) is 0 Å². The Morgan fingerprint density at radius 3 is 2.31 bits per heavy atom. The zero-order chi connectivity index (χ0) is 10.2. The van der Waals surface area contributed by atoms with Crippen LogP contribution in [0.2, 0.25) is 19.6 Å². The first-order valence-electron chi connectivity index (χ1n) is 4.33. The molecule has 0 bridgehead atoms. The minimum absolute atomic E-state index is 0.126. The number of hydrogen-bond donors (Lipinski definition) is 1. The smallest absolute Gasteiger partial charge is 0.129 e. The van der Waals surface area contributed by atoms with E-state index in [9.17, 15) is 0 Å². The second kappa shape index (κ2) is 6.54. The molecule has 0 heterocycles. The molecular weight excluding hydrogens is 176 g/mol. The van der Waals surface area contributed by atoms with Gasteiger partial charge < -0.3 is 5.11 Å². The minimum Gasteiger partial charge on any atom is -0.395 e. The van der Waals surface area contributed by atoms with E-state index in [1.807, 2.05) is 0 Å². The van der Waals surface area contributed by atoms with E-state index in [4.69, 9.17) is 5.11 Å². The molecule has 1 N–H and O–H groups in total. The van der Waals surface area contributed by atoms with E-state index in [0.717, 1.165) is 0 Å². The predicted molar refractivity (Wildman–Crippen MR) is 59.7 cm³/mol. The molecule has 2 heteroatoms. The molecule has 0 radical (unpaired) electrons. The molecule has 13 heavy (non-hydrogen) atoms. The van der Waals surface area contributed by atoms with Crippen LogP contribution in [-0.2, 0) is 0 Å². The molecule has 1 nitrogen and oxygen atoms in total. The third-order valence-electron chi connectivity index (χ3n) is 1.04. The molecular formula is C11H16OSi. The average Bonchev–Trinajstić information content (AvgIpc) is 2.01. The maximum absolute atomic E-state index is 8.43. The van der Waals surface area contributed by atoms with Crippen LogP contribution in [0, 0.1) is 23.3 Å². The van der Waals surface area contributed by atoms with Gasteiger partial charge in [0.05, 0.1) is 6.61 Å². The molecule has 70 valence electrons. The summed E-state index contributed by atoms with van der Waals surface area (Å²) in [6, 6.07) is 0. The maximum Gasteiger partial charge on any atom is 0.129 e. The second-order valence-electron chi connectivity index (χ2n) is 3.65. The van der Waals surface area contributed by atoms with Gasteiger partial charge in [-0.1, -0.05) is 37.4 Å². The van der Waals surface area contributed by atoms with Gasteiger partial charge in [-0.05, 0) is 12.2 Å². The van der Waals surface area contributed by atoms with Crippen LogP contribution in [0.15, 0.2) is 12.2 Å². The van der Waals surface area contributed by atoms with Gasteiger partial charge in [0.1, 0.15) is 8.07 Å². The highest BCUT2D eigenvalue weighted by molar-refractivity contribution is 6.83. The zero-order valence-electron chi connectivity index (χ0n) is 8.52. The van der Waals surface area contributed by atoms with Crippen LogP contribution in [0.4, 0.5) is 0 Å². The summed E-state index contributed by atoms with van der Waals surface area (Å²) in [5, 5.41) is 8.43. The average molecular weight is 192 g/mol. The number of aliphatic hydroxyl groups is 1. The first kappa shape index (κ1) is 12.0. The third kappa shape index (κ3) is 11.0. The van der Waals surface area contributed by atoms with Crippen molar-refractivity contribution >= 4 is 8.07 Å². The molecule has 0 saturated carbocycles. The largest absolute Gasteiger partial charge is 0.395 e. The fraction of sp³-hybridized carbons (Fsp3) is 0.455. The van der Waals surface area contributed by atoms with Crippen LogP contribution >= 0.6 is 0 Å². The Morgan fingerprint density at radius 1 is 1.15 bits per heavy atom. The lowest BCUT2D eigenvalue weighted by atomic mass is 10.4. The maximum atomic E-state index is 8.43.